The molecule has 14 nitrogen and oxygen atoms in total. The molecule has 166 valence electrons. The summed E-state index contributed by atoms with van der Waals surface area (Å²) < 4.78 is 66.2. The normalized spacial score (nSPS) is 15.1. The van der Waals surface area contributed by atoms with Crippen LogP contribution in [0.2, 0.25) is 0 Å². The summed E-state index contributed by atoms with van der Waals surface area (Å²) in [7, 11) is -9.71. The Morgan fingerprint density at radius 1 is 0.567 bits per heavy atom. The molecule has 0 aromatic carbocycles. The van der Waals surface area contributed by atoms with Crippen LogP contribution in [0.15, 0.2) is 20.0 Å². The minimum Gasteiger partial charge on any atom is -0.285 e. The number of nitrogens with zero attached hydrogens (tertiary/aromatic N) is 4. The van der Waals surface area contributed by atoms with Crippen LogP contribution >= 0.6 is 0 Å². The summed E-state index contributed by atoms with van der Waals surface area (Å²) in [6, 6.07) is 0. The summed E-state index contributed by atoms with van der Waals surface area (Å²) in [5.41, 5.74) is 0. The monoisotopic (exact) mass is 466 g/mol. The summed E-state index contributed by atoms with van der Waals surface area (Å²) in [6.07, 6.45) is 3.45. The van der Waals surface area contributed by atoms with E-state index in [9.17, 15) is 45.1 Å². The molecule has 0 amide bonds. The first-order chi connectivity index (χ1) is 14.0. The smallest absolute Gasteiger partial charge is 0.268 e. The number of rotatable bonds is 15. The molecule has 16 heteroatoms. The Morgan fingerprint density at radius 2 is 0.800 bits per heavy atom. The molecule has 30 heavy (non-hydrogen) atoms. The third-order valence-electron chi connectivity index (χ3n) is 4.11. The zero-order chi connectivity index (χ0) is 23.2. The molecule has 0 fully saturated rings. The maximum atomic E-state index is 11.8. The van der Waals surface area contributed by atoms with Crippen molar-refractivity contribution in [2.24, 2.45) is 31.8 Å². The van der Waals surface area contributed by atoms with E-state index in [0.717, 1.165) is 24.3 Å². The highest BCUT2D eigenvalue weighted by Crippen LogP contribution is 2.25. The first-order valence-corrected chi connectivity index (χ1v) is 11.1. The lowest BCUT2D eigenvalue weighted by molar-refractivity contribution is 0.377. The fourth-order valence-electron chi connectivity index (χ4n) is 2.79. The van der Waals surface area contributed by atoms with E-state index >= 15 is 0 Å². The molecule has 0 aromatic heterocycles. The number of carbonyl (C=O) groups excluding carboxylic acids is 4. The molecule has 0 saturated heterocycles. The number of hydrogen-bond donors (Lipinski definition) is 2. The highest BCUT2D eigenvalue weighted by Gasteiger charge is 2.37. The summed E-state index contributed by atoms with van der Waals surface area (Å²) in [4.78, 5) is 54.1. The quantitative estimate of drug-likeness (QED) is 0.167. The average Bonchev–Trinajstić information content (AvgIpc) is 2.65. The third-order valence-corrected chi connectivity index (χ3v) is 6.89. The van der Waals surface area contributed by atoms with E-state index < -0.39 is 81.6 Å². The van der Waals surface area contributed by atoms with Crippen molar-refractivity contribution in [3.8, 4) is 0 Å². The Bertz CT molecular complexity index is 850. The van der Waals surface area contributed by atoms with Crippen LogP contribution in [0.3, 0.4) is 0 Å². The van der Waals surface area contributed by atoms with E-state index in [-0.39, 0.29) is 0 Å². The van der Waals surface area contributed by atoms with E-state index in [1.807, 2.05) is 0 Å². The average molecular weight is 466 g/mol. The van der Waals surface area contributed by atoms with Crippen LogP contribution in [0.1, 0.15) is 12.8 Å². The predicted octanol–water partition coefficient (Wildman–Crippen LogP) is -1.14. The first-order valence-electron chi connectivity index (χ1n) is 8.10. The molecule has 0 aromatic rings. The molecule has 0 rings (SSSR count). The first kappa shape index (κ1) is 27.3. The topological polar surface area (TPSA) is 226 Å². The van der Waals surface area contributed by atoms with Gasteiger partial charge in [0, 0.05) is 11.8 Å². The Kier molecular flexibility index (Phi) is 12.3. The van der Waals surface area contributed by atoms with Gasteiger partial charge in [-0.1, -0.05) is 0 Å². The maximum absolute atomic E-state index is 11.8. The van der Waals surface area contributed by atoms with Gasteiger partial charge in [-0.15, -0.1) is 0 Å². The minimum absolute atomic E-state index is 0.510. The molecule has 0 spiro atoms. The van der Waals surface area contributed by atoms with Crippen LogP contribution in [0.4, 0.5) is 0 Å². The van der Waals surface area contributed by atoms with Gasteiger partial charge in [0.25, 0.3) is 20.2 Å². The summed E-state index contributed by atoms with van der Waals surface area (Å²) in [5, 5.41) is -3.47. The molecule has 0 aliphatic heterocycles. The second-order valence-corrected chi connectivity index (χ2v) is 9.20. The Morgan fingerprint density at radius 3 is 0.967 bits per heavy atom. The van der Waals surface area contributed by atoms with Crippen molar-refractivity contribution in [2.45, 2.75) is 23.3 Å². The van der Waals surface area contributed by atoms with Gasteiger partial charge in [0.15, 0.2) is 0 Å². The fourth-order valence-corrected chi connectivity index (χ4v) is 4.97. The number of hydrogen-bond acceptors (Lipinski definition) is 12. The van der Waals surface area contributed by atoms with E-state index in [2.05, 4.69) is 20.0 Å². The van der Waals surface area contributed by atoms with Gasteiger partial charge >= 0.3 is 0 Å². The van der Waals surface area contributed by atoms with Crippen molar-refractivity contribution in [2.75, 3.05) is 26.2 Å². The van der Waals surface area contributed by atoms with Gasteiger partial charge in [0.2, 0.25) is 24.3 Å². The van der Waals surface area contributed by atoms with Crippen LogP contribution in [0, 0.1) is 11.8 Å². The summed E-state index contributed by atoms with van der Waals surface area (Å²) >= 11 is 0. The van der Waals surface area contributed by atoms with E-state index in [1.54, 1.807) is 0 Å². The van der Waals surface area contributed by atoms with Gasteiger partial charge in [-0.25, -0.2) is 39.1 Å². The van der Waals surface area contributed by atoms with Crippen molar-refractivity contribution in [1.82, 2.24) is 0 Å². The van der Waals surface area contributed by atoms with Gasteiger partial charge < -0.3 is 0 Å². The van der Waals surface area contributed by atoms with Gasteiger partial charge in [-0.2, -0.15) is 16.8 Å². The molecular formula is C14H18N4O10S2. The molecule has 0 heterocycles. The highest BCUT2D eigenvalue weighted by molar-refractivity contribution is 7.86. The third kappa shape index (κ3) is 10.2. The SMILES string of the molecule is O=C=NCC(CN=C=O)C(CCC(C(CN=C=O)CN=C=O)S(=O)(=O)O)S(=O)(=O)O. The predicted molar refractivity (Wildman–Crippen MR) is 98.8 cm³/mol. The molecule has 0 saturated carbocycles. The van der Waals surface area contributed by atoms with Crippen molar-refractivity contribution in [3.63, 3.8) is 0 Å². The largest absolute Gasteiger partial charge is 0.285 e. The van der Waals surface area contributed by atoms with Gasteiger partial charge in [0.05, 0.1) is 36.7 Å². The van der Waals surface area contributed by atoms with Gasteiger partial charge in [-0.05, 0) is 12.8 Å². The van der Waals surface area contributed by atoms with Crippen molar-refractivity contribution in [1.29, 1.82) is 0 Å². The molecule has 0 bridgehead atoms. The van der Waals surface area contributed by atoms with Crippen molar-refractivity contribution < 1.29 is 45.1 Å². The lowest BCUT2D eigenvalue weighted by atomic mass is 9.96. The molecular weight excluding hydrogens is 448 g/mol. The summed E-state index contributed by atoms with van der Waals surface area (Å²) in [5.74, 6) is -2.44. The molecule has 0 radical (unpaired) electrons. The van der Waals surface area contributed by atoms with Crippen LogP contribution in [0.5, 0.6) is 0 Å². The van der Waals surface area contributed by atoms with E-state index in [4.69, 9.17) is 0 Å². The molecule has 2 atom stereocenters. The molecule has 2 unspecified atom stereocenters. The lowest BCUT2D eigenvalue weighted by Crippen LogP contribution is -2.38. The zero-order valence-corrected chi connectivity index (χ0v) is 17.0. The maximum Gasteiger partial charge on any atom is 0.268 e. The minimum atomic E-state index is -4.85. The Balaban J connectivity index is 5.96. The van der Waals surface area contributed by atoms with Crippen LogP contribution in [-0.4, -0.2) is 86.9 Å². The highest BCUT2D eigenvalue weighted by atomic mass is 32.2. The second-order valence-electron chi connectivity index (χ2n) is 5.93. The fraction of sp³-hybridized carbons (Fsp3) is 0.714. The number of aliphatic imine (C=N–C) groups is 4. The molecule has 2 N–H and O–H groups in total. The Hall–Kier alpha value is -2.66. The van der Waals surface area contributed by atoms with Crippen molar-refractivity contribution in [3.05, 3.63) is 0 Å². The van der Waals surface area contributed by atoms with Gasteiger partial charge in [0.1, 0.15) is 0 Å². The van der Waals surface area contributed by atoms with E-state index in [1.165, 1.54) is 0 Å². The summed E-state index contributed by atoms with van der Waals surface area (Å²) in [6.45, 7) is -2.04. The lowest BCUT2D eigenvalue weighted by Gasteiger charge is -2.25. The standard InChI is InChI=1S/C14H18N4O10S2/c19-7-15-3-11(4-16-8-20)13(29(23,24)25)1-2-14(30(26,27)28)12(5-17-9-21)6-18-10-22/h11-14H,1-6H2,(H,23,24,25)(H,26,27,28). The van der Waals surface area contributed by atoms with Gasteiger partial charge in [-0.3, -0.25) is 9.11 Å². The van der Waals surface area contributed by atoms with Crippen LogP contribution < -0.4 is 0 Å². The molecule has 0 aliphatic rings. The van der Waals surface area contributed by atoms with Crippen LogP contribution in [0.25, 0.3) is 0 Å². The number of isocyanates is 4. The Labute approximate surface area is 171 Å². The van der Waals surface area contributed by atoms with Crippen molar-refractivity contribution >= 4 is 44.6 Å². The second kappa shape index (κ2) is 13.5. The van der Waals surface area contributed by atoms with E-state index in [0.29, 0.717) is 0 Å². The van der Waals surface area contributed by atoms with Crippen LogP contribution in [-0.2, 0) is 39.4 Å². The zero-order valence-electron chi connectivity index (χ0n) is 15.3. The molecule has 0 aliphatic carbocycles.